The Morgan fingerprint density at radius 3 is 2.62 bits per heavy atom. The molecule has 1 fully saturated rings. The number of hydrogen-bond donors (Lipinski definition) is 3. The molecule has 0 amide bonds. The van der Waals surface area contributed by atoms with Crippen LogP contribution in [0.25, 0.3) is 0 Å². The van der Waals surface area contributed by atoms with Crippen LogP contribution in [0.15, 0.2) is 29.3 Å². The molecule has 0 heterocycles. The second-order valence-corrected chi connectivity index (χ2v) is 6.31. The minimum atomic E-state index is -4.72. The number of guanidine groups is 1. The monoisotopic (exact) mass is 345 g/mol. The number of aliphatic hydroxyl groups excluding tert-OH is 1. The molecule has 0 radical (unpaired) electrons. The summed E-state index contributed by atoms with van der Waals surface area (Å²) in [6.45, 7) is 2.37. The molecule has 2 atom stereocenters. The SMILES string of the molecule is CC1(CN=C(N)Nc2ccc(OC(F)(F)F)cc2)CCCCC1O. The van der Waals surface area contributed by atoms with Gasteiger partial charge < -0.3 is 20.9 Å². The van der Waals surface area contributed by atoms with Gasteiger partial charge in [-0.2, -0.15) is 0 Å². The third-order valence-corrected chi connectivity index (χ3v) is 4.25. The van der Waals surface area contributed by atoms with Crippen LogP contribution in [0.4, 0.5) is 18.9 Å². The van der Waals surface area contributed by atoms with Crippen molar-refractivity contribution in [3.63, 3.8) is 0 Å². The molecule has 0 aromatic heterocycles. The van der Waals surface area contributed by atoms with Crippen LogP contribution in [0.1, 0.15) is 32.6 Å². The zero-order valence-electron chi connectivity index (χ0n) is 13.4. The topological polar surface area (TPSA) is 79.9 Å². The van der Waals surface area contributed by atoms with Crippen LogP contribution >= 0.6 is 0 Å². The van der Waals surface area contributed by atoms with Crippen LogP contribution in [-0.4, -0.2) is 30.1 Å². The van der Waals surface area contributed by atoms with Crippen LogP contribution in [0.5, 0.6) is 5.75 Å². The number of aliphatic imine (C=N–C) groups is 1. The normalized spacial score (nSPS) is 25.4. The highest BCUT2D eigenvalue weighted by atomic mass is 19.4. The first-order valence-corrected chi connectivity index (χ1v) is 7.79. The standard InChI is InChI=1S/C16H22F3N3O2/c1-15(9-3-2-4-13(15)23)10-21-14(20)22-11-5-7-12(8-6-11)24-16(17,18)19/h5-8,13,23H,2-4,9-10H2,1H3,(H3,20,21,22). The molecule has 0 aliphatic heterocycles. The summed E-state index contributed by atoms with van der Waals surface area (Å²) >= 11 is 0. The molecule has 4 N–H and O–H groups in total. The summed E-state index contributed by atoms with van der Waals surface area (Å²) in [7, 11) is 0. The Morgan fingerprint density at radius 2 is 2.04 bits per heavy atom. The molecule has 0 spiro atoms. The van der Waals surface area contributed by atoms with Crippen molar-refractivity contribution < 1.29 is 23.0 Å². The molecule has 1 saturated carbocycles. The Morgan fingerprint density at radius 1 is 1.38 bits per heavy atom. The first kappa shape index (κ1) is 18.4. The minimum absolute atomic E-state index is 0.151. The summed E-state index contributed by atoms with van der Waals surface area (Å²) in [5, 5.41) is 12.9. The number of rotatable bonds is 4. The molecule has 1 aliphatic carbocycles. The highest BCUT2D eigenvalue weighted by molar-refractivity contribution is 5.92. The summed E-state index contributed by atoms with van der Waals surface area (Å²) in [5.74, 6) is -0.153. The number of hydrogen-bond acceptors (Lipinski definition) is 3. The van der Waals surface area contributed by atoms with Crippen molar-refractivity contribution >= 4 is 11.6 Å². The van der Waals surface area contributed by atoms with E-state index in [1.165, 1.54) is 24.3 Å². The fourth-order valence-electron chi connectivity index (χ4n) is 2.76. The molecule has 2 unspecified atom stereocenters. The van der Waals surface area contributed by atoms with Gasteiger partial charge in [0.05, 0.1) is 12.6 Å². The van der Waals surface area contributed by atoms with Crippen molar-refractivity contribution in [3.8, 4) is 5.75 Å². The maximum Gasteiger partial charge on any atom is 0.573 e. The Kier molecular flexibility index (Phi) is 5.58. The van der Waals surface area contributed by atoms with Crippen LogP contribution in [0, 0.1) is 5.41 Å². The molecule has 134 valence electrons. The summed E-state index contributed by atoms with van der Waals surface area (Å²) in [5.41, 5.74) is 6.02. The van der Waals surface area contributed by atoms with Gasteiger partial charge in [-0.3, -0.25) is 4.99 Å². The predicted molar refractivity (Wildman–Crippen MR) is 85.8 cm³/mol. The smallest absolute Gasteiger partial charge is 0.406 e. The quantitative estimate of drug-likeness (QED) is 0.578. The number of halogens is 3. The number of anilines is 1. The Bertz CT molecular complexity index is 575. The maximum atomic E-state index is 12.1. The number of nitrogens with zero attached hydrogens (tertiary/aromatic N) is 1. The second kappa shape index (κ2) is 7.29. The van der Waals surface area contributed by atoms with Crippen molar-refractivity contribution in [1.82, 2.24) is 0 Å². The lowest BCUT2D eigenvalue weighted by Crippen LogP contribution is -2.39. The maximum absolute atomic E-state index is 12.1. The van der Waals surface area contributed by atoms with Crippen molar-refractivity contribution in [2.45, 2.75) is 45.1 Å². The van der Waals surface area contributed by atoms with Gasteiger partial charge in [0.25, 0.3) is 0 Å². The van der Waals surface area contributed by atoms with Crippen LogP contribution < -0.4 is 15.8 Å². The Hall–Kier alpha value is -1.96. The summed E-state index contributed by atoms with van der Waals surface area (Å²) in [4.78, 5) is 4.26. The summed E-state index contributed by atoms with van der Waals surface area (Å²) in [6, 6.07) is 5.21. The van der Waals surface area contributed by atoms with Gasteiger partial charge >= 0.3 is 6.36 Å². The average molecular weight is 345 g/mol. The molecule has 5 nitrogen and oxygen atoms in total. The number of aliphatic hydroxyl groups is 1. The fraction of sp³-hybridized carbons (Fsp3) is 0.562. The molecule has 1 aliphatic rings. The largest absolute Gasteiger partial charge is 0.573 e. The first-order chi connectivity index (χ1) is 11.2. The number of nitrogens with two attached hydrogens (primary N) is 1. The lowest BCUT2D eigenvalue weighted by atomic mass is 9.73. The van der Waals surface area contributed by atoms with Crippen molar-refractivity contribution in [3.05, 3.63) is 24.3 Å². The molecular weight excluding hydrogens is 323 g/mol. The zero-order valence-corrected chi connectivity index (χ0v) is 13.4. The molecule has 1 aromatic carbocycles. The van der Waals surface area contributed by atoms with Gasteiger partial charge in [-0.25, -0.2) is 0 Å². The van der Waals surface area contributed by atoms with E-state index in [9.17, 15) is 18.3 Å². The van der Waals surface area contributed by atoms with E-state index >= 15 is 0 Å². The average Bonchev–Trinajstić information content (AvgIpc) is 2.49. The second-order valence-electron chi connectivity index (χ2n) is 6.31. The molecular formula is C16H22F3N3O2. The number of ether oxygens (including phenoxy) is 1. The van der Waals surface area contributed by atoms with Crippen LogP contribution in [0.2, 0.25) is 0 Å². The summed E-state index contributed by atoms with van der Waals surface area (Å²) < 4.78 is 40.1. The zero-order chi connectivity index (χ0) is 17.8. The molecule has 0 saturated heterocycles. The van der Waals surface area contributed by atoms with Crippen molar-refractivity contribution in [2.24, 2.45) is 16.1 Å². The van der Waals surface area contributed by atoms with Crippen LogP contribution in [0.3, 0.4) is 0 Å². The van der Waals surface area contributed by atoms with E-state index in [1.807, 2.05) is 6.92 Å². The Balaban J connectivity index is 1.92. The number of benzene rings is 1. The fourth-order valence-corrected chi connectivity index (χ4v) is 2.76. The minimum Gasteiger partial charge on any atom is -0.406 e. The van der Waals surface area contributed by atoms with E-state index in [0.717, 1.165) is 25.7 Å². The van der Waals surface area contributed by atoms with Crippen LogP contribution in [-0.2, 0) is 0 Å². The lowest BCUT2D eigenvalue weighted by molar-refractivity contribution is -0.274. The third-order valence-electron chi connectivity index (χ3n) is 4.25. The van der Waals surface area contributed by atoms with Gasteiger partial charge in [0, 0.05) is 11.1 Å². The molecule has 0 bridgehead atoms. The van der Waals surface area contributed by atoms with Gasteiger partial charge in [-0.15, -0.1) is 13.2 Å². The van der Waals surface area contributed by atoms with Gasteiger partial charge in [-0.1, -0.05) is 19.8 Å². The highest BCUT2D eigenvalue weighted by Crippen LogP contribution is 2.36. The lowest BCUT2D eigenvalue weighted by Gasteiger charge is -2.37. The van der Waals surface area contributed by atoms with Gasteiger partial charge in [0.2, 0.25) is 0 Å². The van der Waals surface area contributed by atoms with E-state index in [-0.39, 0.29) is 17.1 Å². The first-order valence-electron chi connectivity index (χ1n) is 7.79. The Labute approximate surface area is 138 Å². The molecule has 2 rings (SSSR count). The van der Waals surface area contributed by atoms with Crippen molar-refractivity contribution in [2.75, 3.05) is 11.9 Å². The van der Waals surface area contributed by atoms with E-state index in [4.69, 9.17) is 5.73 Å². The van der Waals surface area contributed by atoms with Gasteiger partial charge in [0.15, 0.2) is 5.96 Å². The highest BCUT2D eigenvalue weighted by Gasteiger charge is 2.35. The van der Waals surface area contributed by atoms with E-state index in [1.54, 1.807) is 0 Å². The number of nitrogens with one attached hydrogen (secondary N) is 1. The van der Waals surface area contributed by atoms with Crippen molar-refractivity contribution in [1.29, 1.82) is 0 Å². The molecule has 1 aromatic rings. The van der Waals surface area contributed by atoms with E-state index in [2.05, 4.69) is 15.0 Å². The number of alkyl halides is 3. The van der Waals surface area contributed by atoms with E-state index in [0.29, 0.717) is 12.2 Å². The van der Waals surface area contributed by atoms with Gasteiger partial charge in [-0.05, 0) is 37.1 Å². The summed E-state index contributed by atoms with van der Waals surface area (Å²) in [6.07, 6.45) is -1.40. The molecule has 24 heavy (non-hydrogen) atoms. The van der Waals surface area contributed by atoms with E-state index < -0.39 is 12.5 Å². The third kappa shape index (κ3) is 5.30. The molecule has 8 heteroatoms. The predicted octanol–water partition coefficient (Wildman–Crippen LogP) is 3.25. The van der Waals surface area contributed by atoms with Gasteiger partial charge in [0.1, 0.15) is 5.75 Å².